The molecule has 0 spiro atoms. The standard InChI is InChI=1S/C28H44N2O3/c1-19(2)28(7,29-24(31)22-12-15-27(6,33)16-13-22)25(32)30-17-14-23(26(4,5)18-30)21-10-8-20(3)9-11-21/h8-11,19,22-23,33H,12-18H2,1-7H3,(H,29,31). The second kappa shape index (κ2) is 9.40. The van der Waals surface area contributed by atoms with Crippen molar-refractivity contribution in [3.8, 4) is 0 Å². The first kappa shape index (κ1) is 25.7. The summed E-state index contributed by atoms with van der Waals surface area (Å²) in [5.41, 5.74) is 0.922. The van der Waals surface area contributed by atoms with Crippen LogP contribution in [0.2, 0.25) is 0 Å². The molecule has 1 aliphatic heterocycles. The van der Waals surface area contributed by atoms with Gasteiger partial charge in [-0.15, -0.1) is 0 Å². The van der Waals surface area contributed by atoms with E-state index in [0.717, 1.165) is 6.42 Å². The van der Waals surface area contributed by atoms with Gasteiger partial charge in [0.2, 0.25) is 11.8 Å². The summed E-state index contributed by atoms with van der Waals surface area (Å²) < 4.78 is 0. The highest BCUT2D eigenvalue weighted by molar-refractivity contribution is 5.92. The smallest absolute Gasteiger partial charge is 0.248 e. The minimum atomic E-state index is -0.941. The van der Waals surface area contributed by atoms with Gasteiger partial charge in [0.05, 0.1) is 5.60 Å². The van der Waals surface area contributed by atoms with Crippen LogP contribution in [0.3, 0.4) is 0 Å². The average Bonchev–Trinajstić information content (AvgIpc) is 2.73. The molecule has 2 fully saturated rings. The predicted molar refractivity (Wildman–Crippen MR) is 133 cm³/mol. The van der Waals surface area contributed by atoms with Crippen LogP contribution in [-0.2, 0) is 9.59 Å². The van der Waals surface area contributed by atoms with Gasteiger partial charge in [-0.3, -0.25) is 9.59 Å². The summed E-state index contributed by atoms with van der Waals surface area (Å²) in [6.07, 6.45) is 3.49. The average molecular weight is 457 g/mol. The van der Waals surface area contributed by atoms with Crippen molar-refractivity contribution < 1.29 is 14.7 Å². The molecule has 1 heterocycles. The van der Waals surface area contributed by atoms with Crippen LogP contribution in [0.1, 0.15) is 90.7 Å². The van der Waals surface area contributed by atoms with Crippen LogP contribution in [-0.4, -0.2) is 46.1 Å². The van der Waals surface area contributed by atoms with Crippen molar-refractivity contribution in [2.75, 3.05) is 13.1 Å². The lowest BCUT2D eigenvalue weighted by Crippen LogP contribution is -2.64. The number of nitrogens with one attached hydrogen (secondary N) is 1. The van der Waals surface area contributed by atoms with Crippen LogP contribution in [0.4, 0.5) is 0 Å². The van der Waals surface area contributed by atoms with E-state index in [-0.39, 0.29) is 29.1 Å². The van der Waals surface area contributed by atoms with Crippen LogP contribution in [0.5, 0.6) is 0 Å². The number of aryl methyl sites for hydroxylation is 1. The van der Waals surface area contributed by atoms with E-state index in [9.17, 15) is 14.7 Å². The summed E-state index contributed by atoms with van der Waals surface area (Å²) in [6, 6.07) is 8.77. The first-order chi connectivity index (χ1) is 15.2. The monoisotopic (exact) mass is 456 g/mol. The summed E-state index contributed by atoms with van der Waals surface area (Å²) in [4.78, 5) is 28.9. The van der Waals surface area contributed by atoms with Gasteiger partial charge in [-0.2, -0.15) is 0 Å². The highest BCUT2D eigenvalue weighted by Gasteiger charge is 2.46. The van der Waals surface area contributed by atoms with E-state index in [0.29, 0.717) is 44.7 Å². The first-order valence-corrected chi connectivity index (χ1v) is 12.7. The Kier molecular flexibility index (Phi) is 7.33. The molecule has 33 heavy (non-hydrogen) atoms. The molecule has 2 amide bonds. The maximum Gasteiger partial charge on any atom is 0.248 e. The van der Waals surface area contributed by atoms with Gasteiger partial charge in [0.25, 0.3) is 0 Å². The molecule has 2 atom stereocenters. The first-order valence-electron chi connectivity index (χ1n) is 12.7. The summed E-state index contributed by atoms with van der Waals surface area (Å²) in [5.74, 6) is 0.198. The third kappa shape index (κ3) is 5.62. The van der Waals surface area contributed by atoms with Crippen LogP contribution in [0, 0.1) is 24.2 Å². The molecule has 5 nitrogen and oxygen atoms in total. The number of likely N-dealkylation sites (tertiary alicyclic amines) is 1. The molecule has 2 unspecified atom stereocenters. The van der Waals surface area contributed by atoms with Crippen molar-refractivity contribution >= 4 is 11.8 Å². The fourth-order valence-corrected chi connectivity index (χ4v) is 5.58. The Bertz CT molecular complexity index is 848. The quantitative estimate of drug-likeness (QED) is 0.668. The van der Waals surface area contributed by atoms with Gasteiger partial charge in [0.1, 0.15) is 5.54 Å². The van der Waals surface area contributed by atoms with Crippen LogP contribution in [0.25, 0.3) is 0 Å². The Hall–Kier alpha value is -1.88. The van der Waals surface area contributed by atoms with Crippen molar-refractivity contribution in [3.05, 3.63) is 35.4 Å². The van der Waals surface area contributed by atoms with Crippen LogP contribution in [0.15, 0.2) is 24.3 Å². The summed E-state index contributed by atoms with van der Waals surface area (Å²) in [7, 11) is 0. The number of piperidine rings is 1. The van der Waals surface area contributed by atoms with E-state index >= 15 is 0 Å². The summed E-state index contributed by atoms with van der Waals surface area (Å²) >= 11 is 0. The lowest BCUT2D eigenvalue weighted by atomic mass is 9.70. The van der Waals surface area contributed by atoms with E-state index in [1.165, 1.54) is 11.1 Å². The lowest BCUT2D eigenvalue weighted by Gasteiger charge is -2.48. The molecule has 0 aromatic heterocycles. The molecule has 3 rings (SSSR count). The number of benzene rings is 1. The maximum absolute atomic E-state index is 13.8. The van der Waals surface area contributed by atoms with Gasteiger partial charge >= 0.3 is 0 Å². The summed E-state index contributed by atoms with van der Waals surface area (Å²) in [5, 5.41) is 13.4. The largest absolute Gasteiger partial charge is 0.390 e. The van der Waals surface area contributed by atoms with Gasteiger partial charge in [0.15, 0.2) is 0 Å². The number of nitrogens with zero attached hydrogens (tertiary/aromatic N) is 1. The van der Waals surface area contributed by atoms with Gasteiger partial charge in [-0.25, -0.2) is 0 Å². The van der Waals surface area contributed by atoms with Gasteiger partial charge in [0, 0.05) is 19.0 Å². The molecule has 2 aliphatic rings. The second-order valence-corrected chi connectivity index (χ2v) is 12.1. The number of amides is 2. The molecule has 2 N–H and O–H groups in total. The molecule has 0 radical (unpaired) electrons. The van der Waals surface area contributed by atoms with E-state index in [1.54, 1.807) is 0 Å². The third-order valence-corrected chi connectivity index (χ3v) is 8.41. The molecule has 1 aromatic carbocycles. The van der Waals surface area contributed by atoms with Crippen molar-refractivity contribution in [3.63, 3.8) is 0 Å². The van der Waals surface area contributed by atoms with Crippen LogP contribution >= 0.6 is 0 Å². The Morgan fingerprint density at radius 2 is 1.67 bits per heavy atom. The Balaban J connectivity index is 1.71. The Morgan fingerprint density at radius 3 is 2.18 bits per heavy atom. The fraction of sp³-hybridized carbons (Fsp3) is 0.714. The molecule has 1 aromatic rings. The van der Waals surface area contributed by atoms with E-state index in [4.69, 9.17) is 0 Å². The normalized spacial score (nSPS) is 29.4. The topological polar surface area (TPSA) is 69.6 Å². The third-order valence-electron chi connectivity index (χ3n) is 8.41. The predicted octanol–water partition coefficient (Wildman–Crippen LogP) is 4.81. The van der Waals surface area contributed by atoms with E-state index in [2.05, 4.69) is 50.4 Å². The fourth-order valence-electron chi connectivity index (χ4n) is 5.58. The zero-order valence-corrected chi connectivity index (χ0v) is 21.7. The van der Waals surface area contributed by atoms with Gasteiger partial charge in [-0.05, 0) is 75.7 Å². The van der Waals surface area contributed by atoms with E-state index < -0.39 is 11.1 Å². The summed E-state index contributed by atoms with van der Waals surface area (Å²) in [6.45, 7) is 15.7. The maximum atomic E-state index is 13.8. The minimum absolute atomic E-state index is 0.0177. The SMILES string of the molecule is Cc1ccc(C2CCN(C(=O)C(C)(NC(=O)C3CCC(C)(O)CC3)C(C)C)CC2(C)C)cc1. The number of carbonyl (C=O) groups excluding carboxylic acids is 2. The molecule has 5 heteroatoms. The molecular weight excluding hydrogens is 412 g/mol. The van der Waals surface area contributed by atoms with Crippen LogP contribution < -0.4 is 5.32 Å². The molecule has 0 bridgehead atoms. The minimum Gasteiger partial charge on any atom is -0.390 e. The van der Waals surface area contributed by atoms with Crippen molar-refractivity contribution in [1.82, 2.24) is 10.2 Å². The molecule has 1 aliphatic carbocycles. The Labute approximate surface area is 200 Å². The zero-order chi connectivity index (χ0) is 24.6. The highest BCUT2D eigenvalue weighted by atomic mass is 16.3. The second-order valence-electron chi connectivity index (χ2n) is 12.1. The van der Waals surface area contributed by atoms with Crippen molar-refractivity contribution in [1.29, 1.82) is 0 Å². The molecule has 1 saturated carbocycles. The zero-order valence-electron chi connectivity index (χ0n) is 21.7. The number of hydrogen-bond acceptors (Lipinski definition) is 3. The highest BCUT2D eigenvalue weighted by Crippen LogP contribution is 2.43. The van der Waals surface area contributed by atoms with Gasteiger partial charge < -0.3 is 15.3 Å². The number of hydrogen-bond donors (Lipinski definition) is 2. The number of carbonyl (C=O) groups is 2. The van der Waals surface area contributed by atoms with E-state index in [1.807, 2.05) is 32.6 Å². The van der Waals surface area contributed by atoms with Gasteiger partial charge in [-0.1, -0.05) is 57.5 Å². The van der Waals surface area contributed by atoms with Crippen molar-refractivity contribution in [2.45, 2.75) is 97.6 Å². The number of aliphatic hydroxyl groups is 1. The molecular formula is C28H44N2O3. The number of rotatable bonds is 5. The molecule has 184 valence electrons. The Morgan fingerprint density at radius 1 is 1.09 bits per heavy atom. The molecule has 1 saturated heterocycles. The van der Waals surface area contributed by atoms with Crippen molar-refractivity contribution in [2.24, 2.45) is 17.3 Å². The lowest BCUT2D eigenvalue weighted by molar-refractivity contribution is -0.147.